The van der Waals surface area contributed by atoms with Crippen LogP contribution in [0.15, 0.2) is 37.2 Å². The molecule has 1 aromatic carbocycles. The predicted molar refractivity (Wildman–Crippen MR) is 136 cm³/mol. The van der Waals surface area contributed by atoms with Crippen LogP contribution in [-0.2, 0) is 6.42 Å². The van der Waals surface area contributed by atoms with Gasteiger partial charge in [-0.1, -0.05) is 51.7 Å². The Morgan fingerprint density at radius 1 is 1.12 bits per heavy atom. The van der Waals surface area contributed by atoms with Gasteiger partial charge in [0.25, 0.3) is 0 Å². The Bertz CT molecular complexity index is 1220. The zero-order valence-electron chi connectivity index (χ0n) is 20.7. The molecule has 6 nitrogen and oxygen atoms in total. The van der Waals surface area contributed by atoms with Crippen molar-refractivity contribution in [2.75, 3.05) is 11.4 Å². The van der Waals surface area contributed by atoms with E-state index >= 15 is 0 Å². The molecule has 0 saturated heterocycles. The monoisotopic (exact) mass is 481 g/mol. The van der Waals surface area contributed by atoms with Crippen LogP contribution < -0.4 is 4.90 Å². The number of halogens is 1. The van der Waals surface area contributed by atoms with Gasteiger partial charge in [0.15, 0.2) is 0 Å². The lowest BCUT2D eigenvalue weighted by molar-refractivity contribution is 0.200. The average Bonchev–Trinajstić information content (AvgIpc) is 3.44. The van der Waals surface area contributed by atoms with Gasteiger partial charge in [-0.15, -0.1) is 4.80 Å². The summed E-state index contributed by atoms with van der Waals surface area (Å²) in [4.78, 5) is 19.2. The molecule has 8 heteroatoms. The first-order chi connectivity index (χ1) is 16.1. The molecule has 1 aliphatic heterocycles. The second kappa shape index (κ2) is 9.33. The molecular formula is C26H32FN5OS. The molecule has 0 saturated carbocycles. The topological polar surface area (TPSA) is 54.3 Å². The first-order valence-corrected chi connectivity index (χ1v) is 12.6. The lowest BCUT2D eigenvalue weighted by Gasteiger charge is -2.42. The third-order valence-electron chi connectivity index (χ3n) is 6.81. The molecule has 2 amide bonds. The quantitative estimate of drug-likeness (QED) is 0.392. The number of hydrogen-bond acceptors (Lipinski definition) is 4. The second-order valence-electron chi connectivity index (χ2n) is 9.32. The first kappa shape index (κ1) is 24.1. The van der Waals surface area contributed by atoms with Crippen LogP contribution in [0.1, 0.15) is 62.8 Å². The molecular weight excluding hydrogens is 449 g/mol. The molecule has 2 atom stereocenters. The maximum Gasteiger partial charge on any atom is 0.329 e. The molecule has 0 spiro atoms. The van der Waals surface area contributed by atoms with Crippen LogP contribution in [0.2, 0.25) is 0 Å². The summed E-state index contributed by atoms with van der Waals surface area (Å²) in [6, 6.07) is 4.82. The first-order valence-electron chi connectivity index (χ1n) is 11.7. The Labute approximate surface area is 204 Å². The molecule has 3 heterocycles. The van der Waals surface area contributed by atoms with Crippen LogP contribution >= 0.6 is 11.3 Å². The van der Waals surface area contributed by atoms with E-state index in [4.69, 9.17) is 0 Å². The molecule has 0 radical (unpaired) electrons. The Kier molecular flexibility index (Phi) is 6.62. The SMILES string of the molecule is C=C1c2c(sc(-n3nccn3)c2C)N(C[C@H](C)c2cc(F)ccc2CC)C(=O)N1C(C)C(C)C. The van der Waals surface area contributed by atoms with Crippen molar-refractivity contribution >= 4 is 28.1 Å². The van der Waals surface area contributed by atoms with Gasteiger partial charge in [-0.05, 0) is 60.9 Å². The van der Waals surface area contributed by atoms with Crippen LogP contribution in [0, 0.1) is 18.7 Å². The molecule has 3 aromatic rings. The summed E-state index contributed by atoms with van der Waals surface area (Å²) in [6.07, 6.45) is 4.09. The van der Waals surface area contributed by atoms with E-state index in [-0.39, 0.29) is 29.7 Å². The van der Waals surface area contributed by atoms with Crippen LogP contribution in [0.5, 0.6) is 0 Å². The average molecular weight is 482 g/mol. The van der Waals surface area contributed by atoms with E-state index in [1.54, 1.807) is 23.3 Å². The van der Waals surface area contributed by atoms with Gasteiger partial charge in [-0.2, -0.15) is 10.2 Å². The van der Waals surface area contributed by atoms with Crippen LogP contribution in [0.25, 0.3) is 10.7 Å². The minimum Gasteiger partial charge on any atom is -0.291 e. The van der Waals surface area contributed by atoms with Crippen molar-refractivity contribution in [1.29, 1.82) is 0 Å². The number of nitrogens with zero attached hydrogens (tertiary/aromatic N) is 5. The highest BCUT2D eigenvalue weighted by Crippen LogP contribution is 2.47. The summed E-state index contributed by atoms with van der Waals surface area (Å²) in [6.45, 7) is 17.2. The van der Waals surface area contributed by atoms with Crippen LogP contribution in [0.4, 0.5) is 14.2 Å². The van der Waals surface area contributed by atoms with E-state index in [1.807, 2.05) is 22.8 Å². The summed E-state index contributed by atoms with van der Waals surface area (Å²) in [5, 5.41) is 10.3. The van der Waals surface area contributed by atoms with E-state index in [2.05, 4.69) is 51.4 Å². The lowest BCUT2D eigenvalue weighted by Crippen LogP contribution is -2.51. The number of anilines is 1. The number of rotatable bonds is 7. The zero-order valence-corrected chi connectivity index (χ0v) is 21.5. The summed E-state index contributed by atoms with van der Waals surface area (Å²) in [5.74, 6) is -0.0616. The van der Waals surface area contributed by atoms with Crippen molar-refractivity contribution < 1.29 is 9.18 Å². The number of thiophene rings is 1. The number of benzene rings is 1. The van der Waals surface area contributed by atoms with Gasteiger partial charge in [0.1, 0.15) is 15.8 Å². The molecule has 1 unspecified atom stereocenters. The number of fused-ring (bicyclic) bond motifs is 1. The van der Waals surface area contributed by atoms with Gasteiger partial charge in [0, 0.05) is 23.8 Å². The van der Waals surface area contributed by atoms with E-state index in [1.165, 1.54) is 17.4 Å². The van der Waals surface area contributed by atoms with E-state index in [9.17, 15) is 9.18 Å². The van der Waals surface area contributed by atoms with Gasteiger partial charge in [-0.25, -0.2) is 9.18 Å². The summed E-state index contributed by atoms with van der Waals surface area (Å²) in [7, 11) is 0. The van der Waals surface area contributed by atoms with Gasteiger partial charge in [-0.3, -0.25) is 9.80 Å². The largest absolute Gasteiger partial charge is 0.329 e. The minimum atomic E-state index is -0.257. The van der Waals surface area contributed by atoms with E-state index in [0.717, 1.165) is 38.7 Å². The second-order valence-corrected chi connectivity index (χ2v) is 10.3. The van der Waals surface area contributed by atoms with Crippen molar-refractivity contribution in [3.8, 4) is 5.00 Å². The van der Waals surface area contributed by atoms with Crippen molar-refractivity contribution in [1.82, 2.24) is 19.9 Å². The number of hydrogen-bond donors (Lipinski definition) is 0. The van der Waals surface area contributed by atoms with Crippen LogP contribution in [-0.4, -0.2) is 38.5 Å². The third kappa shape index (κ3) is 4.04. The highest BCUT2D eigenvalue weighted by atomic mass is 32.1. The van der Waals surface area contributed by atoms with Crippen molar-refractivity contribution in [2.45, 2.75) is 59.9 Å². The van der Waals surface area contributed by atoms with Gasteiger partial charge < -0.3 is 0 Å². The smallest absolute Gasteiger partial charge is 0.291 e. The predicted octanol–water partition coefficient (Wildman–Crippen LogP) is 6.40. The van der Waals surface area contributed by atoms with Crippen LogP contribution in [0.3, 0.4) is 0 Å². The van der Waals surface area contributed by atoms with Gasteiger partial charge in [0.2, 0.25) is 0 Å². The normalized spacial score (nSPS) is 15.8. The summed E-state index contributed by atoms with van der Waals surface area (Å²) >= 11 is 1.49. The number of carbonyl (C=O) groups is 1. The maximum absolute atomic E-state index is 14.1. The molecule has 0 N–H and O–H groups in total. The summed E-state index contributed by atoms with van der Waals surface area (Å²) in [5.41, 5.74) is 4.68. The minimum absolute atomic E-state index is 0.0306. The highest BCUT2D eigenvalue weighted by Gasteiger charge is 2.40. The molecule has 0 fully saturated rings. The van der Waals surface area contributed by atoms with Crippen molar-refractivity contribution in [3.05, 3.63) is 65.2 Å². The number of amides is 2. The Hall–Kier alpha value is -3.00. The van der Waals surface area contributed by atoms with Crippen molar-refractivity contribution in [2.24, 2.45) is 5.92 Å². The number of aryl methyl sites for hydroxylation is 1. The molecule has 4 rings (SSSR count). The number of carbonyl (C=O) groups excluding carboxylic acids is 1. The molecule has 34 heavy (non-hydrogen) atoms. The summed E-state index contributed by atoms with van der Waals surface area (Å²) < 4.78 is 14.1. The Morgan fingerprint density at radius 3 is 2.41 bits per heavy atom. The standard InChI is InChI=1S/C26H32FN5OS/c1-8-20-9-10-21(27)13-22(20)16(4)14-30-25-23(17(5)24(34-25)32-28-11-12-29-32)19(7)31(26(30)33)18(6)15(2)3/h9-13,15-16,18H,7-8,14H2,1-6H3/t16-,18?/m0/s1. The number of aromatic nitrogens is 3. The van der Waals surface area contributed by atoms with E-state index < -0.39 is 0 Å². The molecule has 1 aliphatic rings. The fourth-order valence-electron chi connectivity index (χ4n) is 4.58. The Balaban J connectivity index is 1.82. The number of urea groups is 1. The fourth-order valence-corrected chi connectivity index (χ4v) is 5.83. The van der Waals surface area contributed by atoms with Gasteiger partial charge in [0.05, 0.1) is 12.4 Å². The third-order valence-corrected chi connectivity index (χ3v) is 8.09. The molecule has 2 aromatic heterocycles. The zero-order chi connectivity index (χ0) is 24.7. The fraction of sp³-hybridized carbons (Fsp3) is 0.423. The lowest BCUT2D eigenvalue weighted by atomic mass is 9.93. The maximum atomic E-state index is 14.1. The molecule has 0 aliphatic carbocycles. The molecule has 180 valence electrons. The van der Waals surface area contributed by atoms with Gasteiger partial charge >= 0.3 is 6.03 Å². The van der Waals surface area contributed by atoms with E-state index in [0.29, 0.717) is 12.2 Å². The Morgan fingerprint density at radius 2 is 1.79 bits per heavy atom. The van der Waals surface area contributed by atoms with Crippen molar-refractivity contribution in [3.63, 3.8) is 0 Å². The highest BCUT2D eigenvalue weighted by molar-refractivity contribution is 7.19. The molecule has 0 bridgehead atoms.